The number of benzene rings is 1. The number of hydrogen-bond donors (Lipinski definition) is 2. The van der Waals surface area contributed by atoms with E-state index in [1.54, 1.807) is 6.07 Å². The standard InChI is InChI=1S/C16H17NO/c1-16-8-4-2-3-5-12(15(16)17)9-11-6-7-13(18)10-14(11)16/h2-7,9-10,15,18H,8,17H2,1H3/b4-2-,5-3-. The Balaban J connectivity index is 2.29. The van der Waals surface area contributed by atoms with E-state index in [-0.39, 0.29) is 11.5 Å². The maximum Gasteiger partial charge on any atom is 0.115 e. The van der Waals surface area contributed by atoms with Crippen molar-refractivity contribution in [3.8, 4) is 5.75 Å². The first kappa shape index (κ1) is 11.3. The van der Waals surface area contributed by atoms with Crippen LogP contribution in [0.2, 0.25) is 0 Å². The van der Waals surface area contributed by atoms with E-state index in [1.165, 1.54) is 0 Å². The number of fused-ring (bicyclic) bond motifs is 4. The summed E-state index contributed by atoms with van der Waals surface area (Å²) in [7, 11) is 0. The van der Waals surface area contributed by atoms with Gasteiger partial charge in [0.1, 0.15) is 5.75 Å². The van der Waals surface area contributed by atoms with Gasteiger partial charge >= 0.3 is 0 Å². The van der Waals surface area contributed by atoms with Gasteiger partial charge in [0.2, 0.25) is 0 Å². The lowest BCUT2D eigenvalue weighted by molar-refractivity contribution is 0.407. The maximum absolute atomic E-state index is 9.72. The van der Waals surface area contributed by atoms with Crippen LogP contribution in [0.15, 0.2) is 48.1 Å². The van der Waals surface area contributed by atoms with E-state index in [1.807, 2.05) is 18.2 Å². The molecule has 0 radical (unpaired) electrons. The second-order valence-electron chi connectivity index (χ2n) is 5.30. The van der Waals surface area contributed by atoms with Crippen LogP contribution in [0.5, 0.6) is 5.75 Å². The summed E-state index contributed by atoms with van der Waals surface area (Å²) in [5.41, 5.74) is 9.71. The molecule has 2 heteroatoms. The lowest BCUT2D eigenvalue weighted by atomic mass is 9.66. The first-order valence-electron chi connectivity index (χ1n) is 6.25. The van der Waals surface area contributed by atoms with Crippen molar-refractivity contribution in [3.63, 3.8) is 0 Å². The third kappa shape index (κ3) is 1.53. The van der Waals surface area contributed by atoms with Crippen molar-refractivity contribution >= 4 is 6.08 Å². The maximum atomic E-state index is 9.72. The van der Waals surface area contributed by atoms with Crippen molar-refractivity contribution in [2.75, 3.05) is 0 Å². The molecular weight excluding hydrogens is 222 g/mol. The highest BCUT2D eigenvalue weighted by Gasteiger charge is 2.38. The van der Waals surface area contributed by atoms with Gasteiger partial charge in [0.15, 0.2) is 0 Å². The predicted molar refractivity (Wildman–Crippen MR) is 74.3 cm³/mol. The summed E-state index contributed by atoms with van der Waals surface area (Å²) in [6.07, 6.45) is 11.3. The van der Waals surface area contributed by atoms with E-state index in [2.05, 4.69) is 31.2 Å². The molecule has 1 aromatic rings. The zero-order chi connectivity index (χ0) is 12.8. The molecule has 0 aromatic heterocycles. The summed E-state index contributed by atoms with van der Waals surface area (Å²) in [6, 6.07) is 5.51. The summed E-state index contributed by atoms with van der Waals surface area (Å²) in [6.45, 7) is 2.17. The van der Waals surface area contributed by atoms with E-state index < -0.39 is 0 Å². The molecule has 3 rings (SSSR count). The van der Waals surface area contributed by atoms with E-state index in [9.17, 15) is 5.11 Å². The fourth-order valence-electron chi connectivity index (χ4n) is 2.92. The zero-order valence-corrected chi connectivity index (χ0v) is 10.4. The molecule has 18 heavy (non-hydrogen) atoms. The highest BCUT2D eigenvalue weighted by Crippen LogP contribution is 2.43. The third-order valence-corrected chi connectivity index (χ3v) is 4.10. The Morgan fingerprint density at radius 2 is 2.17 bits per heavy atom. The third-order valence-electron chi connectivity index (χ3n) is 4.10. The minimum atomic E-state index is -0.153. The number of hydrogen-bond acceptors (Lipinski definition) is 2. The number of phenols is 1. The van der Waals surface area contributed by atoms with E-state index in [0.717, 1.165) is 23.1 Å². The van der Waals surface area contributed by atoms with Crippen molar-refractivity contribution in [1.82, 2.24) is 0 Å². The molecular formula is C16H17NO. The Morgan fingerprint density at radius 3 is 3.00 bits per heavy atom. The van der Waals surface area contributed by atoms with Gasteiger partial charge in [-0.05, 0) is 41.3 Å². The smallest absolute Gasteiger partial charge is 0.115 e. The van der Waals surface area contributed by atoms with Crippen LogP contribution in [0, 0.1) is 0 Å². The Morgan fingerprint density at radius 1 is 1.33 bits per heavy atom. The van der Waals surface area contributed by atoms with Gasteiger partial charge < -0.3 is 10.8 Å². The van der Waals surface area contributed by atoms with E-state index >= 15 is 0 Å². The molecule has 92 valence electrons. The molecule has 0 aliphatic heterocycles. The van der Waals surface area contributed by atoms with Gasteiger partial charge in [-0.15, -0.1) is 0 Å². The van der Waals surface area contributed by atoms with Crippen molar-refractivity contribution in [1.29, 1.82) is 0 Å². The lowest BCUT2D eigenvalue weighted by Crippen LogP contribution is -2.46. The second kappa shape index (κ2) is 3.85. The molecule has 1 aromatic carbocycles. The van der Waals surface area contributed by atoms with Crippen LogP contribution in [-0.2, 0) is 5.41 Å². The lowest BCUT2D eigenvalue weighted by Gasteiger charge is -2.41. The predicted octanol–water partition coefficient (Wildman–Crippen LogP) is 2.89. The normalized spacial score (nSPS) is 32.8. The van der Waals surface area contributed by atoms with Gasteiger partial charge in [-0.1, -0.05) is 37.3 Å². The molecule has 2 atom stereocenters. The summed E-state index contributed by atoms with van der Waals surface area (Å²) >= 11 is 0. The van der Waals surface area contributed by atoms with Gasteiger partial charge in [0, 0.05) is 11.5 Å². The highest BCUT2D eigenvalue weighted by atomic mass is 16.3. The Hall–Kier alpha value is -1.80. The largest absolute Gasteiger partial charge is 0.508 e. The summed E-state index contributed by atoms with van der Waals surface area (Å²) < 4.78 is 0. The number of rotatable bonds is 0. The Bertz CT molecular complexity index is 583. The van der Waals surface area contributed by atoms with Gasteiger partial charge in [-0.2, -0.15) is 0 Å². The van der Waals surface area contributed by atoms with Crippen molar-refractivity contribution in [2.45, 2.75) is 24.8 Å². The quantitative estimate of drug-likeness (QED) is 0.731. The average molecular weight is 239 g/mol. The molecule has 0 fully saturated rings. The molecule has 0 saturated carbocycles. The van der Waals surface area contributed by atoms with Crippen molar-refractivity contribution < 1.29 is 5.11 Å². The fourth-order valence-corrected chi connectivity index (χ4v) is 2.92. The molecule has 0 heterocycles. The van der Waals surface area contributed by atoms with Crippen LogP contribution < -0.4 is 5.73 Å². The van der Waals surface area contributed by atoms with Crippen LogP contribution in [0.4, 0.5) is 0 Å². The second-order valence-corrected chi connectivity index (χ2v) is 5.30. The SMILES string of the molecule is CC12C/C=C\C=C/C(=Cc3ccc(O)cc31)C2N. The van der Waals surface area contributed by atoms with E-state index in [0.29, 0.717) is 5.75 Å². The summed E-state index contributed by atoms with van der Waals surface area (Å²) in [5.74, 6) is 0.306. The van der Waals surface area contributed by atoms with Crippen LogP contribution in [0.25, 0.3) is 6.08 Å². The van der Waals surface area contributed by atoms with Gasteiger partial charge in [-0.25, -0.2) is 0 Å². The van der Waals surface area contributed by atoms with Crippen molar-refractivity contribution in [2.24, 2.45) is 5.73 Å². The van der Waals surface area contributed by atoms with Crippen LogP contribution in [0.3, 0.4) is 0 Å². The molecule has 3 N–H and O–H groups in total. The first-order valence-corrected chi connectivity index (χ1v) is 6.25. The number of aromatic hydroxyl groups is 1. The zero-order valence-electron chi connectivity index (χ0n) is 10.4. The molecule has 2 aliphatic rings. The molecule has 2 unspecified atom stereocenters. The number of nitrogens with two attached hydrogens (primary N) is 1. The average Bonchev–Trinajstić information content (AvgIpc) is 2.35. The van der Waals surface area contributed by atoms with Crippen LogP contribution >= 0.6 is 0 Å². The molecule has 2 aliphatic carbocycles. The van der Waals surface area contributed by atoms with Crippen LogP contribution in [-0.4, -0.2) is 11.1 Å². The molecule has 2 bridgehead atoms. The van der Waals surface area contributed by atoms with Crippen LogP contribution in [0.1, 0.15) is 24.5 Å². The Kier molecular flexibility index (Phi) is 2.42. The van der Waals surface area contributed by atoms with Gasteiger partial charge in [-0.3, -0.25) is 0 Å². The van der Waals surface area contributed by atoms with Crippen molar-refractivity contribution in [3.05, 3.63) is 59.2 Å². The monoisotopic (exact) mass is 239 g/mol. The Labute approximate surface area is 107 Å². The summed E-state index contributed by atoms with van der Waals surface area (Å²) in [4.78, 5) is 0. The topological polar surface area (TPSA) is 46.2 Å². The van der Waals surface area contributed by atoms with E-state index in [4.69, 9.17) is 5.73 Å². The highest BCUT2D eigenvalue weighted by molar-refractivity contribution is 5.68. The molecule has 0 amide bonds. The molecule has 0 spiro atoms. The van der Waals surface area contributed by atoms with Gasteiger partial charge in [0.05, 0.1) is 0 Å². The number of phenolic OH excluding ortho intramolecular Hbond substituents is 1. The summed E-state index contributed by atoms with van der Waals surface area (Å²) in [5, 5.41) is 9.72. The fraction of sp³-hybridized carbons (Fsp3) is 0.250. The first-order chi connectivity index (χ1) is 8.61. The molecule has 2 nitrogen and oxygen atoms in total. The minimum absolute atomic E-state index is 0.0343. The molecule has 0 saturated heterocycles. The van der Waals surface area contributed by atoms with Gasteiger partial charge in [0.25, 0.3) is 0 Å². The number of allylic oxidation sites excluding steroid dienone is 3. The minimum Gasteiger partial charge on any atom is -0.508 e.